The van der Waals surface area contributed by atoms with Crippen LogP contribution in [-0.2, 0) is 0 Å². The van der Waals surface area contributed by atoms with Crippen LogP contribution in [0.1, 0.15) is 31.4 Å². The van der Waals surface area contributed by atoms with Gasteiger partial charge in [0, 0.05) is 35.8 Å². The van der Waals surface area contributed by atoms with Gasteiger partial charge in [-0.2, -0.15) is 10.2 Å². The zero-order valence-electron chi connectivity index (χ0n) is 22.3. The smallest absolute Gasteiger partial charge is 0.292 e. The minimum absolute atomic E-state index is 0.202. The van der Waals surface area contributed by atoms with Crippen molar-refractivity contribution in [1.29, 1.82) is 0 Å². The largest absolute Gasteiger partial charge is 0.454 e. The van der Waals surface area contributed by atoms with Crippen LogP contribution >= 0.6 is 0 Å². The number of furan rings is 1. The summed E-state index contributed by atoms with van der Waals surface area (Å²) in [7, 11) is 0. The SMILES string of the molecule is CCN(CC)C1CCN(c2ccc(-n3nc4c(=O)[nH]nc(N)c4c3-c3oc4ccc(C)cc4c3C)cc2)C1. The molecule has 196 valence electrons. The molecule has 4 heterocycles. The lowest BCUT2D eigenvalue weighted by Gasteiger charge is -2.26. The van der Waals surface area contributed by atoms with Crippen LogP contribution in [0, 0.1) is 13.8 Å². The number of H-pyrrole nitrogens is 1. The summed E-state index contributed by atoms with van der Waals surface area (Å²) in [4.78, 5) is 17.7. The standard InChI is InChI=1S/C29H33N7O2/c1-5-34(6-2)21-13-14-35(16-21)19-8-10-20(11-9-19)36-26(24-25(33-36)29(37)32-31-28(24)30)27-18(4)22-15-17(3)7-12-23(22)38-27/h7-12,15,21H,5-6,13-14,16H2,1-4H3,(H2,30,31)(H,32,37). The van der Waals surface area contributed by atoms with E-state index in [4.69, 9.17) is 15.2 Å². The number of hydrogen-bond acceptors (Lipinski definition) is 7. The zero-order chi connectivity index (χ0) is 26.6. The van der Waals surface area contributed by atoms with Gasteiger partial charge < -0.3 is 15.1 Å². The van der Waals surface area contributed by atoms with Crippen molar-refractivity contribution in [2.45, 2.75) is 40.2 Å². The van der Waals surface area contributed by atoms with Gasteiger partial charge in [-0.25, -0.2) is 9.78 Å². The first-order valence-corrected chi connectivity index (χ1v) is 13.3. The summed E-state index contributed by atoms with van der Waals surface area (Å²) >= 11 is 0. The molecule has 9 heteroatoms. The van der Waals surface area contributed by atoms with Crippen molar-refractivity contribution in [2.75, 3.05) is 36.8 Å². The summed E-state index contributed by atoms with van der Waals surface area (Å²) in [6.45, 7) is 12.7. The van der Waals surface area contributed by atoms with Crippen molar-refractivity contribution < 1.29 is 4.42 Å². The number of nitrogens with two attached hydrogens (primary N) is 1. The minimum Gasteiger partial charge on any atom is -0.454 e. The third-order valence-electron chi connectivity index (χ3n) is 7.89. The summed E-state index contributed by atoms with van der Waals surface area (Å²) < 4.78 is 8.11. The number of aromatic amines is 1. The van der Waals surface area contributed by atoms with Crippen LogP contribution in [-0.4, -0.2) is 57.1 Å². The number of fused-ring (bicyclic) bond motifs is 2. The average molecular weight is 512 g/mol. The van der Waals surface area contributed by atoms with Gasteiger partial charge in [0.1, 0.15) is 11.3 Å². The number of aryl methyl sites for hydroxylation is 2. The summed E-state index contributed by atoms with van der Waals surface area (Å²) in [6, 6.07) is 15.0. The van der Waals surface area contributed by atoms with Gasteiger partial charge in [0.25, 0.3) is 5.56 Å². The summed E-state index contributed by atoms with van der Waals surface area (Å²) in [5.74, 6) is 0.825. The lowest BCUT2D eigenvalue weighted by atomic mass is 10.1. The first-order valence-electron chi connectivity index (χ1n) is 13.3. The molecule has 3 N–H and O–H groups in total. The Morgan fingerprint density at radius 3 is 2.58 bits per heavy atom. The van der Waals surface area contributed by atoms with E-state index in [0.717, 1.165) is 60.4 Å². The maximum absolute atomic E-state index is 12.7. The molecule has 9 nitrogen and oxygen atoms in total. The second-order valence-electron chi connectivity index (χ2n) is 10.1. The highest BCUT2D eigenvalue weighted by atomic mass is 16.3. The Kier molecular flexibility index (Phi) is 5.95. The second-order valence-corrected chi connectivity index (χ2v) is 10.1. The van der Waals surface area contributed by atoms with E-state index in [1.165, 1.54) is 5.69 Å². The number of hydrogen-bond donors (Lipinski definition) is 2. The molecule has 0 saturated carbocycles. The van der Waals surface area contributed by atoms with Crippen LogP contribution in [0.15, 0.2) is 51.7 Å². The van der Waals surface area contributed by atoms with Crippen molar-refractivity contribution in [3.05, 3.63) is 63.9 Å². The third kappa shape index (κ3) is 3.85. The Morgan fingerprint density at radius 1 is 1.11 bits per heavy atom. The average Bonchev–Trinajstić information content (AvgIpc) is 3.64. The molecule has 0 spiro atoms. The summed E-state index contributed by atoms with van der Waals surface area (Å²) in [5.41, 5.74) is 11.6. The Balaban J connectivity index is 1.46. The van der Waals surface area contributed by atoms with Gasteiger partial charge in [0.2, 0.25) is 0 Å². The van der Waals surface area contributed by atoms with Crippen molar-refractivity contribution >= 4 is 33.4 Å². The molecule has 5 aromatic rings. The van der Waals surface area contributed by atoms with Crippen LogP contribution in [0.3, 0.4) is 0 Å². The molecule has 0 aliphatic carbocycles. The first-order chi connectivity index (χ1) is 18.4. The Hall–Kier alpha value is -4.11. The number of nitrogens with one attached hydrogen (secondary N) is 1. The molecule has 1 aliphatic rings. The van der Waals surface area contributed by atoms with Gasteiger partial charge in [-0.1, -0.05) is 25.5 Å². The number of likely N-dealkylation sites (N-methyl/N-ethyl adjacent to an activating group) is 1. The van der Waals surface area contributed by atoms with Crippen LogP contribution in [0.25, 0.3) is 39.0 Å². The van der Waals surface area contributed by atoms with Gasteiger partial charge in [0.15, 0.2) is 17.1 Å². The molecular weight excluding hydrogens is 478 g/mol. The molecule has 1 atom stereocenters. The molecule has 38 heavy (non-hydrogen) atoms. The van der Waals surface area contributed by atoms with Crippen LogP contribution < -0.4 is 16.2 Å². The highest BCUT2D eigenvalue weighted by Crippen LogP contribution is 2.39. The summed E-state index contributed by atoms with van der Waals surface area (Å²) in [5, 5.41) is 12.7. The quantitative estimate of drug-likeness (QED) is 0.342. The lowest BCUT2D eigenvalue weighted by Crippen LogP contribution is -2.37. The number of nitrogen functional groups attached to an aromatic ring is 1. The number of rotatable bonds is 6. The Labute approximate surface area is 220 Å². The molecule has 0 amide bonds. The number of benzene rings is 2. The van der Waals surface area contributed by atoms with Crippen LogP contribution in [0.4, 0.5) is 11.5 Å². The second kappa shape index (κ2) is 9.33. The molecule has 1 aliphatic heterocycles. The molecule has 6 rings (SSSR count). The monoisotopic (exact) mass is 511 g/mol. The summed E-state index contributed by atoms with van der Waals surface area (Å²) in [6.07, 6.45) is 1.16. The van der Waals surface area contributed by atoms with E-state index in [9.17, 15) is 4.79 Å². The van der Waals surface area contributed by atoms with Gasteiger partial charge in [-0.15, -0.1) is 0 Å². The van der Waals surface area contributed by atoms with E-state index in [2.05, 4.69) is 59.0 Å². The van der Waals surface area contributed by atoms with Gasteiger partial charge in [-0.05, 0) is 69.8 Å². The predicted octanol–water partition coefficient (Wildman–Crippen LogP) is 4.64. The highest BCUT2D eigenvalue weighted by molar-refractivity contribution is 6.02. The van der Waals surface area contributed by atoms with Gasteiger partial charge in [0.05, 0.1) is 11.1 Å². The van der Waals surface area contributed by atoms with E-state index >= 15 is 0 Å². The molecule has 3 aromatic heterocycles. The number of nitrogens with zero attached hydrogens (tertiary/aromatic N) is 5. The third-order valence-corrected chi connectivity index (χ3v) is 7.89. The Bertz CT molecular complexity index is 1690. The number of aromatic nitrogens is 4. The highest BCUT2D eigenvalue weighted by Gasteiger charge is 2.28. The Morgan fingerprint density at radius 2 is 1.84 bits per heavy atom. The maximum Gasteiger partial charge on any atom is 0.292 e. The minimum atomic E-state index is -0.394. The van der Waals surface area contributed by atoms with Gasteiger partial charge in [-0.3, -0.25) is 9.69 Å². The molecule has 1 unspecified atom stereocenters. The van der Waals surface area contributed by atoms with Gasteiger partial charge >= 0.3 is 0 Å². The van der Waals surface area contributed by atoms with Crippen molar-refractivity contribution in [3.8, 4) is 17.1 Å². The van der Waals surface area contributed by atoms with E-state index in [1.807, 2.05) is 31.2 Å². The van der Waals surface area contributed by atoms with Crippen molar-refractivity contribution in [3.63, 3.8) is 0 Å². The molecule has 0 bridgehead atoms. The fourth-order valence-electron chi connectivity index (χ4n) is 5.82. The van der Waals surface area contributed by atoms with Crippen molar-refractivity contribution in [2.24, 2.45) is 0 Å². The van der Waals surface area contributed by atoms with Crippen LogP contribution in [0.2, 0.25) is 0 Å². The molecule has 1 saturated heterocycles. The van der Waals surface area contributed by atoms with Crippen LogP contribution in [0.5, 0.6) is 0 Å². The lowest BCUT2D eigenvalue weighted by molar-refractivity contribution is 0.232. The maximum atomic E-state index is 12.7. The predicted molar refractivity (Wildman–Crippen MR) is 152 cm³/mol. The van der Waals surface area contributed by atoms with Crippen molar-refractivity contribution in [1.82, 2.24) is 24.9 Å². The zero-order valence-corrected chi connectivity index (χ0v) is 22.3. The van der Waals surface area contributed by atoms with E-state index in [1.54, 1.807) is 4.68 Å². The molecule has 0 radical (unpaired) electrons. The van der Waals surface area contributed by atoms with E-state index in [0.29, 0.717) is 22.9 Å². The van der Waals surface area contributed by atoms with E-state index in [-0.39, 0.29) is 11.3 Å². The fourth-order valence-corrected chi connectivity index (χ4v) is 5.82. The van der Waals surface area contributed by atoms with E-state index < -0.39 is 5.56 Å². The number of anilines is 2. The normalized spacial score (nSPS) is 15.9. The fraction of sp³-hybridized carbons (Fsp3) is 0.345. The topological polar surface area (TPSA) is 109 Å². The molecule has 1 fully saturated rings. The molecule has 2 aromatic carbocycles. The first kappa shape index (κ1) is 24.2. The molecular formula is C29H33N7O2.